The molecule has 0 spiro atoms. The number of benzene rings is 2. The molecule has 4 aromatic rings. The van der Waals surface area contributed by atoms with Crippen LogP contribution >= 0.6 is 34.5 Å². The van der Waals surface area contributed by atoms with Gasteiger partial charge >= 0.3 is 0 Å². The van der Waals surface area contributed by atoms with Crippen LogP contribution in [0.15, 0.2) is 64.1 Å². The van der Waals surface area contributed by atoms with Crippen molar-refractivity contribution in [3.8, 4) is 5.75 Å². The predicted molar refractivity (Wildman–Crippen MR) is 125 cm³/mol. The lowest BCUT2D eigenvalue weighted by Gasteiger charge is -2.19. The third-order valence-electron chi connectivity index (χ3n) is 4.45. The minimum Gasteiger partial charge on any atom is -0.482 e. The van der Waals surface area contributed by atoms with E-state index in [0.717, 1.165) is 6.26 Å². The van der Waals surface area contributed by atoms with Crippen LogP contribution in [0.4, 0.5) is 5.13 Å². The lowest BCUT2D eigenvalue weighted by atomic mass is 10.3. The highest BCUT2D eigenvalue weighted by atomic mass is 35.5. The van der Waals surface area contributed by atoms with Crippen molar-refractivity contribution in [1.29, 1.82) is 0 Å². The summed E-state index contributed by atoms with van der Waals surface area (Å²) < 4.78 is 35.4. The van der Waals surface area contributed by atoms with Crippen molar-refractivity contribution in [2.75, 3.05) is 17.8 Å². The number of thiazole rings is 1. The van der Waals surface area contributed by atoms with Crippen LogP contribution in [0, 0.1) is 0 Å². The molecule has 0 saturated carbocycles. The molecule has 0 aliphatic carbocycles. The zero-order valence-electron chi connectivity index (χ0n) is 16.6. The Hall–Kier alpha value is -2.59. The average Bonchev–Trinajstić information content (AvgIpc) is 3.39. The van der Waals surface area contributed by atoms with Crippen LogP contribution in [-0.2, 0) is 21.2 Å². The van der Waals surface area contributed by atoms with Gasteiger partial charge in [0.05, 0.1) is 32.9 Å². The summed E-state index contributed by atoms with van der Waals surface area (Å²) in [4.78, 5) is 19.2. The smallest absolute Gasteiger partial charge is 0.267 e. The molecule has 1 amide bonds. The molecule has 0 bridgehead atoms. The van der Waals surface area contributed by atoms with E-state index >= 15 is 0 Å². The van der Waals surface area contributed by atoms with Crippen molar-refractivity contribution in [3.05, 3.63) is 70.6 Å². The molecule has 166 valence electrons. The Labute approximate surface area is 198 Å². The van der Waals surface area contributed by atoms with Gasteiger partial charge in [0.15, 0.2) is 21.6 Å². The second-order valence-electron chi connectivity index (χ2n) is 6.82. The van der Waals surface area contributed by atoms with E-state index in [1.54, 1.807) is 36.4 Å². The van der Waals surface area contributed by atoms with E-state index in [0.29, 0.717) is 31.9 Å². The Bertz CT molecular complexity index is 1380. The number of furan rings is 1. The fourth-order valence-electron chi connectivity index (χ4n) is 2.87. The highest BCUT2D eigenvalue weighted by molar-refractivity contribution is 7.90. The number of sulfone groups is 1. The van der Waals surface area contributed by atoms with Crippen molar-refractivity contribution in [1.82, 2.24) is 4.98 Å². The van der Waals surface area contributed by atoms with Crippen LogP contribution in [-0.4, -0.2) is 32.2 Å². The molecule has 7 nitrogen and oxygen atoms in total. The number of rotatable bonds is 7. The van der Waals surface area contributed by atoms with Gasteiger partial charge in [0.25, 0.3) is 5.91 Å². The van der Waals surface area contributed by atoms with Crippen LogP contribution in [0.1, 0.15) is 5.76 Å². The summed E-state index contributed by atoms with van der Waals surface area (Å²) in [5.74, 6) is 0.498. The van der Waals surface area contributed by atoms with Gasteiger partial charge in [-0.2, -0.15) is 0 Å². The van der Waals surface area contributed by atoms with Gasteiger partial charge in [-0.05, 0) is 48.5 Å². The van der Waals surface area contributed by atoms with E-state index in [9.17, 15) is 13.2 Å². The maximum absolute atomic E-state index is 13.1. The van der Waals surface area contributed by atoms with E-state index in [1.165, 1.54) is 34.6 Å². The van der Waals surface area contributed by atoms with Crippen molar-refractivity contribution < 1.29 is 22.4 Å². The molecule has 11 heteroatoms. The Morgan fingerprint density at radius 3 is 2.69 bits per heavy atom. The molecule has 0 fully saturated rings. The molecule has 32 heavy (non-hydrogen) atoms. The van der Waals surface area contributed by atoms with Gasteiger partial charge in [-0.25, -0.2) is 13.4 Å². The third kappa shape index (κ3) is 5.07. The van der Waals surface area contributed by atoms with Crippen molar-refractivity contribution >= 4 is 65.6 Å². The minimum atomic E-state index is -3.37. The van der Waals surface area contributed by atoms with Gasteiger partial charge in [0.1, 0.15) is 11.5 Å². The lowest BCUT2D eigenvalue weighted by molar-refractivity contribution is -0.120. The highest BCUT2D eigenvalue weighted by Gasteiger charge is 2.23. The molecular weight excluding hydrogens is 495 g/mol. The molecule has 0 saturated heterocycles. The first-order valence-electron chi connectivity index (χ1n) is 9.22. The second kappa shape index (κ2) is 9.11. The van der Waals surface area contributed by atoms with Crippen molar-refractivity contribution in [3.63, 3.8) is 0 Å². The highest BCUT2D eigenvalue weighted by Crippen LogP contribution is 2.32. The molecule has 0 N–H and O–H groups in total. The molecule has 0 aliphatic rings. The zero-order valence-corrected chi connectivity index (χ0v) is 19.8. The summed E-state index contributed by atoms with van der Waals surface area (Å²) in [5, 5.41) is 1.13. The van der Waals surface area contributed by atoms with Crippen molar-refractivity contribution in [2.24, 2.45) is 0 Å². The van der Waals surface area contributed by atoms with E-state index in [1.807, 2.05) is 0 Å². The van der Waals surface area contributed by atoms with Crippen molar-refractivity contribution in [2.45, 2.75) is 11.4 Å². The number of amides is 1. The van der Waals surface area contributed by atoms with Crippen LogP contribution in [0.3, 0.4) is 0 Å². The molecular formula is C21H16Cl2N2O5S2. The Morgan fingerprint density at radius 2 is 2.00 bits per heavy atom. The molecule has 2 aromatic heterocycles. The quantitative estimate of drug-likeness (QED) is 0.338. The summed E-state index contributed by atoms with van der Waals surface area (Å²) in [6.07, 6.45) is 2.65. The van der Waals surface area contributed by atoms with Crippen LogP contribution in [0.25, 0.3) is 10.2 Å². The average molecular weight is 511 g/mol. The normalized spacial score (nSPS) is 11.6. The topological polar surface area (TPSA) is 89.7 Å². The largest absolute Gasteiger partial charge is 0.482 e. The summed E-state index contributed by atoms with van der Waals surface area (Å²) in [5.41, 5.74) is 0.580. The number of carbonyl (C=O) groups is 1. The van der Waals surface area contributed by atoms with Gasteiger partial charge in [-0.1, -0.05) is 34.5 Å². The first-order valence-corrected chi connectivity index (χ1v) is 12.7. The Balaban J connectivity index is 1.63. The van der Waals surface area contributed by atoms with Crippen LogP contribution in [0.2, 0.25) is 10.0 Å². The Morgan fingerprint density at radius 1 is 1.19 bits per heavy atom. The Kier molecular flexibility index (Phi) is 6.43. The molecule has 2 heterocycles. The lowest BCUT2D eigenvalue weighted by Crippen LogP contribution is -2.34. The summed E-state index contributed by atoms with van der Waals surface area (Å²) >= 11 is 13.2. The summed E-state index contributed by atoms with van der Waals surface area (Å²) in [6, 6.07) is 12.8. The number of hydrogen-bond donors (Lipinski definition) is 0. The van der Waals surface area contributed by atoms with Gasteiger partial charge < -0.3 is 9.15 Å². The number of halogens is 2. The molecule has 0 atom stereocenters. The minimum absolute atomic E-state index is 0.127. The fraction of sp³-hybridized carbons (Fsp3) is 0.143. The van der Waals surface area contributed by atoms with Gasteiger partial charge in [0, 0.05) is 11.3 Å². The SMILES string of the molecule is CS(=O)(=O)c1ccc2nc(N(Cc3ccco3)C(=O)COc3ccc(Cl)cc3Cl)sc2c1. The van der Waals surface area contributed by atoms with E-state index in [-0.39, 0.29) is 29.0 Å². The van der Waals surface area contributed by atoms with Gasteiger partial charge in [-0.3, -0.25) is 9.69 Å². The van der Waals surface area contributed by atoms with E-state index < -0.39 is 9.84 Å². The number of aromatic nitrogens is 1. The summed E-state index contributed by atoms with van der Waals surface area (Å²) in [6.45, 7) is -0.172. The second-order valence-corrected chi connectivity index (χ2v) is 10.7. The molecule has 2 aromatic carbocycles. The number of anilines is 1. The number of hydrogen-bond acceptors (Lipinski definition) is 7. The fourth-order valence-corrected chi connectivity index (χ4v) is 5.08. The van der Waals surface area contributed by atoms with Gasteiger partial charge in [0.2, 0.25) is 0 Å². The molecule has 4 rings (SSSR count). The number of nitrogens with zero attached hydrogens (tertiary/aromatic N) is 2. The maximum Gasteiger partial charge on any atom is 0.267 e. The number of fused-ring (bicyclic) bond motifs is 1. The molecule has 0 unspecified atom stereocenters. The van der Waals surface area contributed by atoms with Crippen LogP contribution in [0.5, 0.6) is 5.75 Å². The van der Waals surface area contributed by atoms with E-state index in [2.05, 4.69) is 4.98 Å². The molecule has 0 aliphatic heterocycles. The van der Waals surface area contributed by atoms with Crippen LogP contribution < -0.4 is 9.64 Å². The van der Waals surface area contributed by atoms with Gasteiger partial charge in [-0.15, -0.1) is 0 Å². The first-order chi connectivity index (χ1) is 15.2. The maximum atomic E-state index is 13.1. The number of ether oxygens (including phenoxy) is 1. The standard InChI is InChI=1S/C21H16Cl2N2O5S2/c1-32(27,28)15-5-6-17-19(10-15)31-21(24-17)25(11-14-3-2-8-29-14)20(26)12-30-18-7-4-13(22)9-16(18)23/h2-10H,11-12H2,1H3. The molecule has 0 radical (unpaired) electrons. The third-order valence-corrected chi connectivity index (χ3v) is 7.13. The zero-order chi connectivity index (χ0) is 22.9. The number of carbonyl (C=O) groups excluding carboxylic acids is 1. The predicted octanol–water partition coefficient (Wildman–Crippen LogP) is 5.21. The monoisotopic (exact) mass is 510 g/mol. The summed E-state index contributed by atoms with van der Waals surface area (Å²) in [7, 11) is -3.37. The van der Waals surface area contributed by atoms with E-state index in [4.69, 9.17) is 32.4 Å². The first kappa shape index (κ1) is 22.6.